The largest absolute Gasteiger partial charge is 0.467 e. The first-order valence-corrected chi connectivity index (χ1v) is 10.6. The molecule has 3 aromatic heterocycles. The smallest absolute Gasteiger partial charge is 0.198 e. The van der Waals surface area contributed by atoms with Crippen LogP contribution in [0.15, 0.2) is 63.3 Å². The lowest BCUT2D eigenvalue weighted by Gasteiger charge is -2.09. The van der Waals surface area contributed by atoms with Crippen molar-refractivity contribution in [3.05, 3.63) is 71.0 Å². The van der Waals surface area contributed by atoms with Gasteiger partial charge >= 0.3 is 0 Å². The molecule has 4 aromatic rings. The normalized spacial score (nSPS) is 13.7. The van der Waals surface area contributed by atoms with E-state index in [0.717, 1.165) is 46.0 Å². The molecule has 3 heterocycles. The van der Waals surface area contributed by atoms with E-state index in [0.29, 0.717) is 17.6 Å². The van der Waals surface area contributed by atoms with Crippen molar-refractivity contribution in [1.82, 2.24) is 24.7 Å². The van der Waals surface area contributed by atoms with Crippen LogP contribution in [-0.4, -0.2) is 24.7 Å². The third-order valence-corrected chi connectivity index (χ3v) is 5.84. The minimum absolute atomic E-state index is 0.428. The van der Waals surface area contributed by atoms with Crippen LogP contribution in [0.4, 0.5) is 0 Å². The molecule has 0 aliphatic heterocycles. The molecule has 0 radical (unpaired) electrons. The number of aromatic nitrogens is 5. The maximum atomic E-state index is 6.24. The highest BCUT2D eigenvalue weighted by Crippen LogP contribution is 2.39. The first-order chi connectivity index (χ1) is 14.2. The molecule has 8 heteroatoms. The molecule has 0 atom stereocenters. The molecule has 1 aliphatic carbocycles. The molecule has 1 fully saturated rings. The van der Waals surface area contributed by atoms with Gasteiger partial charge in [0.2, 0.25) is 0 Å². The van der Waals surface area contributed by atoms with Crippen LogP contribution in [0.1, 0.15) is 35.9 Å². The zero-order valence-corrected chi connectivity index (χ0v) is 17.3. The van der Waals surface area contributed by atoms with Gasteiger partial charge in [-0.15, -0.1) is 10.2 Å². The number of furan rings is 1. The first kappa shape index (κ1) is 18.4. The molecule has 0 unspecified atom stereocenters. The van der Waals surface area contributed by atoms with Gasteiger partial charge in [-0.3, -0.25) is 4.57 Å². The molecule has 5 rings (SSSR count). The van der Waals surface area contributed by atoms with Gasteiger partial charge in [0.25, 0.3) is 0 Å². The Balaban J connectivity index is 1.53. The molecule has 0 N–H and O–H groups in total. The number of hydrogen-bond donors (Lipinski definition) is 0. The van der Waals surface area contributed by atoms with E-state index in [4.69, 9.17) is 16.0 Å². The van der Waals surface area contributed by atoms with E-state index >= 15 is 0 Å². The van der Waals surface area contributed by atoms with Gasteiger partial charge in [0, 0.05) is 17.5 Å². The SMILES string of the molecule is Cc1ccc(-c2nnc(Sc3cc(Cl)nc(C4CC4)n3)n2Cc2ccco2)cc1. The highest BCUT2D eigenvalue weighted by atomic mass is 35.5. The minimum atomic E-state index is 0.428. The third kappa shape index (κ3) is 4.06. The number of halogens is 1. The molecule has 0 bridgehead atoms. The number of hydrogen-bond acceptors (Lipinski definition) is 6. The van der Waals surface area contributed by atoms with Gasteiger partial charge < -0.3 is 4.42 Å². The van der Waals surface area contributed by atoms with Crippen molar-refractivity contribution < 1.29 is 4.42 Å². The summed E-state index contributed by atoms with van der Waals surface area (Å²) in [5.41, 5.74) is 2.20. The molecule has 0 saturated heterocycles. The van der Waals surface area contributed by atoms with E-state index in [1.54, 1.807) is 12.3 Å². The van der Waals surface area contributed by atoms with Crippen LogP contribution in [0.3, 0.4) is 0 Å². The molecule has 0 spiro atoms. The Morgan fingerprint density at radius 2 is 1.97 bits per heavy atom. The van der Waals surface area contributed by atoms with Crippen molar-refractivity contribution >= 4 is 23.4 Å². The third-order valence-electron chi connectivity index (χ3n) is 4.75. The average molecular weight is 424 g/mol. The van der Waals surface area contributed by atoms with Crippen molar-refractivity contribution in [2.45, 2.75) is 42.4 Å². The fourth-order valence-electron chi connectivity index (χ4n) is 3.06. The second kappa shape index (κ2) is 7.65. The van der Waals surface area contributed by atoms with Crippen molar-refractivity contribution in [3.8, 4) is 11.4 Å². The molecule has 29 heavy (non-hydrogen) atoms. The summed E-state index contributed by atoms with van der Waals surface area (Å²) in [5, 5.41) is 10.9. The molecule has 1 aliphatic rings. The number of benzene rings is 1. The second-order valence-electron chi connectivity index (χ2n) is 7.10. The van der Waals surface area contributed by atoms with E-state index in [2.05, 4.69) is 51.4 Å². The minimum Gasteiger partial charge on any atom is -0.467 e. The van der Waals surface area contributed by atoms with Crippen LogP contribution in [-0.2, 0) is 6.54 Å². The number of aryl methyl sites for hydroxylation is 1. The van der Waals surface area contributed by atoms with E-state index in [-0.39, 0.29) is 0 Å². The summed E-state index contributed by atoms with van der Waals surface area (Å²) in [6.07, 6.45) is 3.91. The lowest BCUT2D eigenvalue weighted by molar-refractivity contribution is 0.485. The zero-order valence-electron chi connectivity index (χ0n) is 15.7. The van der Waals surface area contributed by atoms with E-state index < -0.39 is 0 Å². The quantitative estimate of drug-likeness (QED) is 0.388. The van der Waals surface area contributed by atoms with Gasteiger partial charge in [-0.1, -0.05) is 41.4 Å². The summed E-state index contributed by atoms with van der Waals surface area (Å²) in [6, 6.07) is 13.8. The van der Waals surface area contributed by atoms with Crippen molar-refractivity contribution in [3.63, 3.8) is 0 Å². The fraction of sp³-hybridized carbons (Fsp3) is 0.238. The van der Waals surface area contributed by atoms with Gasteiger partial charge in [0.05, 0.1) is 12.8 Å². The zero-order chi connectivity index (χ0) is 19.8. The standard InChI is InChI=1S/C21H18ClN5OS/c1-13-4-6-15(7-5-13)20-25-26-21(27(20)12-16-3-2-10-28-16)29-18-11-17(22)23-19(24-18)14-8-9-14/h2-7,10-11,14H,8-9,12H2,1H3. The lowest BCUT2D eigenvalue weighted by atomic mass is 10.1. The maximum absolute atomic E-state index is 6.24. The van der Waals surface area contributed by atoms with Crippen molar-refractivity contribution in [1.29, 1.82) is 0 Å². The molecular formula is C21H18ClN5OS. The summed E-state index contributed by atoms with van der Waals surface area (Å²) in [5.74, 6) is 2.86. The Morgan fingerprint density at radius 3 is 2.69 bits per heavy atom. The molecule has 146 valence electrons. The van der Waals surface area contributed by atoms with Crippen LogP contribution in [0.5, 0.6) is 0 Å². The van der Waals surface area contributed by atoms with Gasteiger partial charge in [-0.2, -0.15) is 0 Å². The van der Waals surface area contributed by atoms with Crippen LogP contribution in [0.25, 0.3) is 11.4 Å². The summed E-state index contributed by atoms with van der Waals surface area (Å²) in [6.45, 7) is 2.59. The lowest BCUT2D eigenvalue weighted by Crippen LogP contribution is -2.04. The van der Waals surface area contributed by atoms with Crippen molar-refractivity contribution in [2.75, 3.05) is 0 Å². The topological polar surface area (TPSA) is 69.6 Å². The highest BCUT2D eigenvalue weighted by molar-refractivity contribution is 7.99. The van der Waals surface area contributed by atoms with E-state index in [1.807, 2.05) is 16.7 Å². The predicted molar refractivity (Wildman–Crippen MR) is 111 cm³/mol. The van der Waals surface area contributed by atoms with Crippen LogP contribution in [0, 0.1) is 6.92 Å². The van der Waals surface area contributed by atoms with Crippen LogP contribution in [0.2, 0.25) is 5.15 Å². The van der Waals surface area contributed by atoms with Crippen molar-refractivity contribution in [2.24, 2.45) is 0 Å². The first-order valence-electron chi connectivity index (χ1n) is 9.40. The summed E-state index contributed by atoms with van der Waals surface area (Å²) < 4.78 is 7.61. The second-order valence-corrected chi connectivity index (χ2v) is 8.48. The number of rotatable bonds is 6. The van der Waals surface area contributed by atoms with Gasteiger partial charge in [0.15, 0.2) is 11.0 Å². The molecular weight excluding hydrogens is 406 g/mol. The average Bonchev–Trinajstić information content (AvgIpc) is 3.31. The highest BCUT2D eigenvalue weighted by Gasteiger charge is 2.27. The number of nitrogens with zero attached hydrogens (tertiary/aromatic N) is 5. The van der Waals surface area contributed by atoms with Gasteiger partial charge in [-0.25, -0.2) is 9.97 Å². The monoisotopic (exact) mass is 423 g/mol. The Kier molecular flexibility index (Phi) is 4.85. The Morgan fingerprint density at radius 1 is 1.14 bits per heavy atom. The maximum Gasteiger partial charge on any atom is 0.198 e. The van der Waals surface area contributed by atoms with Crippen LogP contribution < -0.4 is 0 Å². The Bertz CT molecular complexity index is 1140. The molecule has 0 amide bonds. The molecule has 1 saturated carbocycles. The van der Waals surface area contributed by atoms with E-state index in [1.165, 1.54) is 17.3 Å². The predicted octanol–water partition coefficient (Wildman–Crippen LogP) is 5.37. The summed E-state index contributed by atoms with van der Waals surface area (Å²) in [7, 11) is 0. The van der Waals surface area contributed by atoms with E-state index in [9.17, 15) is 0 Å². The summed E-state index contributed by atoms with van der Waals surface area (Å²) in [4.78, 5) is 9.05. The van der Waals surface area contributed by atoms with Gasteiger partial charge in [0.1, 0.15) is 21.8 Å². The molecule has 6 nitrogen and oxygen atoms in total. The Labute approximate surface area is 177 Å². The van der Waals surface area contributed by atoms with Crippen LogP contribution >= 0.6 is 23.4 Å². The van der Waals surface area contributed by atoms with Gasteiger partial charge in [-0.05, 0) is 43.7 Å². The Hall–Kier alpha value is -2.64. The molecule has 1 aromatic carbocycles. The fourth-order valence-corrected chi connectivity index (χ4v) is 4.16. The summed E-state index contributed by atoms with van der Waals surface area (Å²) >= 11 is 7.68.